The summed E-state index contributed by atoms with van der Waals surface area (Å²) >= 11 is 6.98. The molecule has 12 heteroatoms. The summed E-state index contributed by atoms with van der Waals surface area (Å²) < 4.78 is 0. The zero-order valence-corrected chi connectivity index (χ0v) is 20.6. The summed E-state index contributed by atoms with van der Waals surface area (Å²) in [5.74, 6) is -1.42. The maximum Gasteiger partial charge on any atom is 0.328 e. The molecular weight excluding hydrogens is 506 g/mol. The van der Waals surface area contributed by atoms with Gasteiger partial charge in [0.25, 0.3) is 5.56 Å². The molecule has 1 fully saturated rings. The van der Waals surface area contributed by atoms with E-state index in [9.17, 15) is 24.3 Å². The number of nitrogens with zero attached hydrogens (tertiary/aromatic N) is 1. The summed E-state index contributed by atoms with van der Waals surface area (Å²) in [5, 5.41) is 15.6. The van der Waals surface area contributed by atoms with Crippen molar-refractivity contribution in [1.29, 1.82) is 0 Å². The molecule has 2 amide bonds. The molecule has 0 radical (unpaired) electrons. The number of rotatable bonds is 7. The Bertz CT molecular complexity index is 1450. The van der Waals surface area contributed by atoms with Gasteiger partial charge < -0.3 is 15.7 Å². The van der Waals surface area contributed by atoms with Crippen molar-refractivity contribution in [3.05, 3.63) is 91.1 Å². The van der Waals surface area contributed by atoms with Crippen LogP contribution in [0.3, 0.4) is 0 Å². The number of hydrogen-bond acceptors (Lipinski definition) is 7. The Balaban J connectivity index is 1.60. The summed E-state index contributed by atoms with van der Waals surface area (Å²) in [6, 6.07) is 12.9. The van der Waals surface area contributed by atoms with Crippen molar-refractivity contribution in [3.8, 4) is 5.88 Å². The second-order valence-corrected chi connectivity index (χ2v) is 9.59. The van der Waals surface area contributed by atoms with E-state index in [0.29, 0.717) is 16.3 Å². The molecule has 1 aromatic heterocycles. The van der Waals surface area contributed by atoms with Gasteiger partial charge in [0.05, 0.1) is 0 Å². The van der Waals surface area contributed by atoms with Crippen LogP contribution in [0.4, 0.5) is 5.69 Å². The molecular formula is C24H22ClN5O5S. The number of thioether (sulfide) groups is 1. The number of amides is 2. The standard InChI is InChI=1S/C24H22ClN5O5S/c1-2-12-6-8-13(9-7-12)19(18-21(33)28-23(35)29-22(18)34)27-24-30-20(32)16(36-24)11-17(31)26-15-5-3-4-14(25)10-15/h3-10,16,19H,2,11H2,1H3,(H,26,31)(H,27,30,32)(H3,28,29,33,34,35). The van der Waals surface area contributed by atoms with Crippen LogP contribution in [-0.2, 0) is 16.0 Å². The molecule has 2 heterocycles. The van der Waals surface area contributed by atoms with Crippen molar-refractivity contribution < 1.29 is 14.7 Å². The van der Waals surface area contributed by atoms with E-state index in [4.69, 9.17) is 11.6 Å². The number of hydrogen-bond donors (Lipinski definition) is 5. The van der Waals surface area contributed by atoms with Gasteiger partial charge in [0.1, 0.15) is 16.9 Å². The molecule has 10 nitrogen and oxygen atoms in total. The van der Waals surface area contributed by atoms with Gasteiger partial charge in [-0.1, -0.05) is 60.6 Å². The van der Waals surface area contributed by atoms with E-state index < -0.39 is 34.3 Å². The lowest BCUT2D eigenvalue weighted by Gasteiger charge is -2.15. The molecule has 0 spiro atoms. The molecule has 0 aliphatic carbocycles. The minimum atomic E-state index is -1.03. The predicted octanol–water partition coefficient (Wildman–Crippen LogP) is 2.69. The summed E-state index contributed by atoms with van der Waals surface area (Å²) in [7, 11) is 0. The van der Waals surface area contributed by atoms with Crippen LogP contribution >= 0.6 is 23.4 Å². The average molecular weight is 528 g/mol. The third kappa shape index (κ3) is 5.86. The molecule has 0 saturated carbocycles. The number of aliphatic imine (C=N–C) groups is 1. The van der Waals surface area contributed by atoms with Gasteiger partial charge in [-0.2, -0.15) is 0 Å². The fourth-order valence-corrected chi connectivity index (χ4v) is 4.83. The quantitative estimate of drug-likeness (QED) is 0.318. The molecule has 1 aliphatic heterocycles. The predicted molar refractivity (Wildman–Crippen MR) is 139 cm³/mol. The number of aromatic nitrogens is 2. The SMILES string of the molecule is CCc1ccc(C(N=C2NC(=O)C(CC(=O)Nc3cccc(Cl)c3)S2)c2c(O)[nH]c(=O)[nH]c2=O)cc1. The van der Waals surface area contributed by atoms with Gasteiger partial charge in [0, 0.05) is 17.1 Å². The third-order valence-corrected chi connectivity index (χ3v) is 6.77. The number of carbonyl (C=O) groups is 2. The molecule has 2 unspecified atom stereocenters. The third-order valence-electron chi connectivity index (χ3n) is 5.44. The van der Waals surface area contributed by atoms with E-state index >= 15 is 0 Å². The summed E-state index contributed by atoms with van der Waals surface area (Å²) in [6.07, 6.45) is 0.678. The van der Waals surface area contributed by atoms with Gasteiger partial charge >= 0.3 is 5.69 Å². The molecule has 5 N–H and O–H groups in total. The van der Waals surface area contributed by atoms with Gasteiger partial charge in [-0.3, -0.25) is 24.4 Å². The zero-order valence-electron chi connectivity index (χ0n) is 19.0. The van der Waals surface area contributed by atoms with E-state index in [2.05, 4.69) is 25.6 Å². The smallest absolute Gasteiger partial charge is 0.328 e. The second kappa shape index (κ2) is 10.8. The number of nitrogens with one attached hydrogen (secondary N) is 4. The Morgan fingerprint density at radius 2 is 1.92 bits per heavy atom. The van der Waals surface area contributed by atoms with Crippen LogP contribution < -0.4 is 21.9 Å². The minimum absolute atomic E-state index is 0.123. The van der Waals surface area contributed by atoms with Gasteiger partial charge in [0.2, 0.25) is 17.7 Å². The first-order valence-corrected chi connectivity index (χ1v) is 12.2. The molecule has 186 valence electrons. The Morgan fingerprint density at radius 3 is 2.58 bits per heavy atom. The number of carbonyl (C=O) groups excluding carboxylic acids is 2. The van der Waals surface area contributed by atoms with Gasteiger partial charge in [0.15, 0.2) is 5.17 Å². The van der Waals surface area contributed by atoms with Crippen LogP contribution in [0.2, 0.25) is 5.02 Å². The zero-order chi connectivity index (χ0) is 25.8. The maximum atomic E-state index is 12.6. The highest BCUT2D eigenvalue weighted by atomic mass is 35.5. The molecule has 3 aromatic rings. The number of benzene rings is 2. The van der Waals surface area contributed by atoms with Crippen molar-refractivity contribution in [2.75, 3.05) is 5.32 Å². The van der Waals surface area contributed by atoms with E-state index in [1.54, 1.807) is 36.4 Å². The number of anilines is 1. The van der Waals surface area contributed by atoms with Crippen molar-refractivity contribution in [3.63, 3.8) is 0 Å². The summed E-state index contributed by atoms with van der Waals surface area (Å²) in [6.45, 7) is 2.00. The van der Waals surface area contributed by atoms with E-state index in [-0.39, 0.29) is 23.1 Å². The Hall–Kier alpha value is -3.83. The molecule has 2 atom stereocenters. The Labute approximate surface area is 214 Å². The molecule has 0 bridgehead atoms. The van der Waals surface area contributed by atoms with E-state index in [1.807, 2.05) is 19.1 Å². The lowest BCUT2D eigenvalue weighted by Crippen LogP contribution is -2.29. The number of aromatic hydroxyl groups is 1. The van der Waals surface area contributed by atoms with Gasteiger partial charge in [-0.15, -0.1) is 0 Å². The minimum Gasteiger partial charge on any atom is -0.494 e. The Kier molecular flexibility index (Phi) is 7.61. The number of amidine groups is 1. The van der Waals surface area contributed by atoms with Gasteiger partial charge in [-0.25, -0.2) is 9.79 Å². The number of aromatic amines is 2. The monoisotopic (exact) mass is 527 g/mol. The van der Waals surface area contributed by atoms with Crippen LogP contribution in [0.1, 0.15) is 36.1 Å². The molecule has 1 aliphatic rings. The highest BCUT2D eigenvalue weighted by Crippen LogP contribution is 2.32. The van der Waals surface area contributed by atoms with E-state index in [0.717, 1.165) is 23.7 Å². The van der Waals surface area contributed by atoms with Gasteiger partial charge in [-0.05, 0) is 35.7 Å². The highest BCUT2D eigenvalue weighted by Gasteiger charge is 2.33. The molecule has 36 heavy (non-hydrogen) atoms. The van der Waals surface area contributed by atoms with Crippen LogP contribution in [0, 0.1) is 0 Å². The number of aryl methyl sites for hydroxylation is 1. The second-order valence-electron chi connectivity index (χ2n) is 7.96. The van der Waals surface area contributed by atoms with Crippen molar-refractivity contribution in [2.45, 2.75) is 31.1 Å². The average Bonchev–Trinajstić information content (AvgIpc) is 3.16. The van der Waals surface area contributed by atoms with Crippen LogP contribution in [0.5, 0.6) is 5.88 Å². The first-order valence-electron chi connectivity index (χ1n) is 11.0. The lowest BCUT2D eigenvalue weighted by atomic mass is 9.99. The van der Waals surface area contributed by atoms with Crippen LogP contribution in [0.15, 0.2) is 63.1 Å². The molecule has 4 rings (SSSR count). The van der Waals surface area contributed by atoms with Crippen LogP contribution in [-0.4, -0.2) is 37.3 Å². The maximum absolute atomic E-state index is 12.6. The van der Waals surface area contributed by atoms with Crippen molar-refractivity contribution >= 4 is 46.0 Å². The first-order chi connectivity index (χ1) is 17.2. The molecule has 2 aromatic carbocycles. The fraction of sp³-hybridized carbons (Fsp3) is 0.208. The highest BCUT2D eigenvalue weighted by molar-refractivity contribution is 8.15. The van der Waals surface area contributed by atoms with Crippen molar-refractivity contribution in [1.82, 2.24) is 15.3 Å². The Morgan fingerprint density at radius 1 is 1.17 bits per heavy atom. The summed E-state index contributed by atoms with van der Waals surface area (Å²) in [4.78, 5) is 58.0. The first kappa shape index (κ1) is 25.3. The molecule has 1 saturated heterocycles. The van der Waals surface area contributed by atoms with Crippen LogP contribution in [0.25, 0.3) is 0 Å². The number of halogens is 1. The number of H-pyrrole nitrogens is 2. The van der Waals surface area contributed by atoms with E-state index in [1.165, 1.54) is 0 Å². The fourth-order valence-electron chi connectivity index (χ4n) is 3.64. The largest absolute Gasteiger partial charge is 0.494 e. The lowest BCUT2D eigenvalue weighted by molar-refractivity contribution is -0.122. The summed E-state index contributed by atoms with van der Waals surface area (Å²) in [5.41, 5.74) is 0.278. The van der Waals surface area contributed by atoms with Crippen molar-refractivity contribution in [2.24, 2.45) is 4.99 Å². The normalized spacial score (nSPS) is 17.1. The topological polar surface area (TPSA) is 157 Å².